The molecule has 1 N–H and O–H groups in total. The first-order chi connectivity index (χ1) is 8.11. The minimum Gasteiger partial charge on any atom is -0.304 e. The van der Waals surface area contributed by atoms with Crippen LogP contribution in [0, 0.1) is 13.8 Å². The summed E-state index contributed by atoms with van der Waals surface area (Å²) >= 11 is 0. The molecule has 0 aliphatic heterocycles. The van der Waals surface area contributed by atoms with Crippen molar-refractivity contribution in [1.82, 2.24) is 19.9 Å². The molecule has 2 rings (SSSR count). The summed E-state index contributed by atoms with van der Waals surface area (Å²) in [6.45, 7) is 5.67. The van der Waals surface area contributed by atoms with E-state index in [1.54, 1.807) is 12.4 Å². The van der Waals surface area contributed by atoms with Gasteiger partial charge in [0.25, 0.3) is 5.56 Å². The monoisotopic (exact) mass is 230 g/mol. The molecule has 0 radical (unpaired) electrons. The van der Waals surface area contributed by atoms with E-state index in [0.717, 1.165) is 11.3 Å². The Labute approximate surface area is 99.0 Å². The topological polar surface area (TPSA) is 71.5 Å². The average Bonchev–Trinajstić information content (AvgIpc) is 2.29. The summed E-state index contributed by atoms with van der Waals surface area (Å²) in [7, 11) is 0. The standard InChI is InChI=1S/C12H14N4O/c1-4-9-8(3)15-11(16-12(9)17)10-13-5-7(2)6-14-10/h5-6H,4H2,1-3H3,(H,15,16,17). The second-order valence-corrected chi connectivity index (χ2v) is 3.92. The van der Waals surface area contributed by atoms with E-state index < -0.39 is 0 Å². The van der Waals surface area contributed by atoms with Crippen LogP contribution in [0.4, 0.5) is 0 Å². The average molecular weight is 230 g/mol. The van der Waals surface area contributed by atoms with Crippen molar-refractivity contribution < 1.29 is 0 Å². The molecule has 0 bridgehead atoms. The maximum atomic E-state index is 11.8. The van der Waals surface area contributed by atoms with E-state index in [2.05, 4.69) is 19.9 Å². The van der Waals surface area contributed by atoms with Crippen LogP contribution < -0.4 is 5.56 Å². The number of nitrogens with zero attached hydrogens (tertiary/aromatic N) is 3. The van der Waals surface area contributed by atoms with Gasteiger partial charge in [0, 0.05) is 23.7 Å². The van der Waals surface area contributed by atoms with Gasteiger partial charge < -0.3 is 4.98 Å². The van der Waals surface area contributed by atoms with E-state index in [-0.39, 0.29) is 5.56 Å². The Morgan fingerprint density at radius 2 is 1.88 bits per heavy atom. The first-order valence-corrected chi connectivity index (χ1v) is 5.50. The number of H-pyrrole nitrogens is 1. The molecular formula is C12H14N4O. The van der Waals surface area contributed by atoms with Crippen molar-refractivity contribution in [2.24, 2.45) is 0 Å². The van der Waals surface area contributed by atoms with Gasteiger partial charge in [-0.25, -0.2) is 15.0 Å². The lowest BCUT2D eigenvalue weighted by atomic mass is 10.2. The van der Waals surface area contributed by atoms with Crippen LogP contribution in [-0.4, -0.2) is 19.9 Å². The number of rotatable bonds is 2. The molecule has 0 aromatic carbocycles. The van der Waals surface area contributed by atoms with Crippen LogP contribution in [0.3, 0.4) is 0 Å². The Hall–Kier alpha value is -2.04. The second-order valence-electron chi connectivity index (χ2n) is 3.92. The Balaban J connectivity index is 2.54. The van der Waals surface area contributed by atoms with Crippen molar-refractivity contribution >= 4 is 0 Å². The summed E-state index contributed by atoms with van der Waals surface area (Å²) in [6, 6.07) is 0. The highest BCUT2D eigenvalue weighted by molar-refractivity contribution is 5.43. The van der Waals surface area contributed by atoms with E-state index in [1.807, 2.05) is 20.8 Å². The molecule has 0 fully saturated rings. The van der Waals surface area contributed by atoms with Crippen molar-refractivity contribution in [3.63, 3.8) is 0 Å². The van der Waals surface area contributed by atoms with Gasteiger partial charge in [0.15, 0.2) is 11.6 Å². The van der Waals surface area contributed by atoms with Crippen LogP contribution in [-0.2, 0) is 6.42 Å². The summed E-state index contributed by atoms with van der Waals surface area (Å²) in [5.41, 5.74) is 2.30. The van der Waals surface area contributed by atoms with Gasteiger partial charge in [-0.05, 0) is 25.8 Å². The first kappa shape index (κ1) is 11.4. The third-order valence-electron chi connectivity index (χ3n) is 2.57. The highest BCUT2D eigenvalue weighted by Gasteiger charge is 2.09. The molecule has 0 saturated carbocycles. The van der Waals surface area contributed by atoms with E-state index in [0.29, 0.717) is 23.6 Å². The lowest BCUT2D eigenvalue weighted by Crippen LogP contribution is -2.17. The Bertz CT molecular complexity index is 586. The molecule has 0 unspecified atom stereocenters. The largest absolute Gasteiger partial charge is 0.304 e. The summed E-state index contributed by atoms with van der Waals surface area (Å²) in [4.78, 5) is 27.1. The van der Waals surface area contributed by atoms with Crippen molar-refractivity contribution in [2.45, 2.75) is 27.2 Å². The van der Waals surface area contributed by atoms with Gasteiger partial charge in [-0.15, -0.1) is 0 Å². The maximum absolute atomic E-state index is 11.8. The number of aryl methyl sites for hydroxylation is 2. The summed E-state index contributed by atoms with van der Waals surface area (Å²) in [6.07, 6.45) is 4.07. The number of hydrogen-bond donors (Lipinski definition) is 1. The zero-order chi connectivity index (χ0) is 12.4. The van der Waals surface area contributed by atoms with Crippen LogP contribution >= 0.6 is 0 Å². The van der Waals surface area contributed by atoms with Gasteiger partial charge in [-0.1, -0.05) is 6.92 Å². The summed E-state index contributed by atoms with van der Waals surface area (Å²) in [5.74, 6) is 0.864. The SMILES string of the molecule is CCc1c(C)nc(-c2ncc(C)cn2)[nH]c1=O. The summed E-state index contributed by atoms with van der Waals surface area (Å²) < 4.78 is 0. The third-order valence-corrected chi connectivity index (χ3v) is 2.57. The van der Waals surface area contributed by atoms with E-state index in [1.165, 1.54) is 0 Å². The Morgan fingerprint density at radius 3 is 2.41 bits per heavy atom. The number of nitrogens with one attached hydrogen (secondary N) is 1. The lowest BCUT2D eigenvalue weighted by Gasteiger charge is -2.04. The molecule has 0 atom stereocenters. The van der Waals surface area contributed by atoms with Gasteiger partial charge in [-0.2, -0.15) is 0 Å². The predicted molar refractivity (Wildman–Crippen MR) is 64.7 cm³/mol. The van der Waals surface area contributed by atoms with Crippen LogP contribution in [0.2, 0.25) is 0 Å². The molecule has 0 saturated heterocycles. The molecule has 5 nitrogen and oxygen atoms in total. The molecule has 88 valence electrons. The molecule has 5 heteroatoms. The Morgan fingerprint density at radius 1 is 1.24 bits per heavy atom. The smallest absolute Gasteiger partial charge is 0.254 e. The fraction of sp³-hybridized carbons (Fsp3) is 0.333. The van der Waals surface area contributed by atoms with Crippen LogP contribution in [0.1, 0.15) is 23.7 Å². The fourth-order valence-corrected chi connectivity index (χ4v) is 1.65. The van der Waals surface area contributed by atoms with Crippen LogP contribution in [0.15, 0.2) is 17.2 Å². The molecule has 17 heavy (non-hydrogen) atoms. The van der Waals surface area contributed by atoms with Crippen molar-refractivity contribution in [3.8, 4) is 11.6 Å². The number of hydrogen-bond acceptors (Lipinski definition) is 4. The van der Waals surface area contributed by atoms with Gasteiger partial charge in [0.05, 0.1) is 0 Å². The van der Waals surface area contributed by atoms with Crippen molar-refractivity contribution in [3.05, 3.63) is 39.6 Å². The first-order valence-electron chi connectivity index (χ1n) is 5.50. The van der Waals surface area contributed by atoms with E-state index in [4.69, 9.17) is 0 Å². The number of aromatic amines is 1. The van der Waals surface area contributed by atoms with Gasteiger partial charge in [0.2, 0.25) is 0 Å². The molecule has 0 aliphatic carbocycles. The molecule has 2 heterocycles. The summed E-state index contributed by atoms with van der Waals surface area (Å²) in [5, 5.41) is 0. The van der Waals surface area contributed by atoms with Crippen LogP contribution in [0.5, 0.6) is 0 Å². The van der Waals surface area contributed by atoms with Crippen molar-refractivity contribution in [1.29, 1.82) is 0 Å². The Kier molecular flexibility index (Phi) is 2.99. The normalized spacial score (nSPS) is 10.5. The second kappa shape index (κ2) is 4.45. The fourth-order valence-electron chi connectivity index (χ4n) is 1.65. The molecule has 2 aromatic rings. The predicted octanol–water partition coefficient (Wildman–Crippen LogP) is 1.41. The van der Waals surface area contributed by atoms with Gasteiger partial charge >= 0.3 is 0 Å². The van der Waals surface area contributed by atoms with Crippen LogP contribution in [0.25, 0.3) is 11.6 Å². The molecule has 0 aliphatic rings. The van der Waals surface area contributed by atoms with E-state index >= 15 is 0 Å². The quantitative estimate of drug-likeness (QED) is 0.846. The van der Waals surface area contributed by atoms with Gasteiger partial charge in [-0.3, -0.25) is 4.79 Å². The molecule has 0 amide bonds. The van der Waals surface area contributed by atoms with Crippen molar-refractivity contribution in [2.75, 3.05) is 0 Å². The zero-order valence-electron chi connectivity index (χ0n) is 10.1. The molecular weight excluding hydrogens is 216 g/mol. The minimum absolute atomic E-state index is 0.112. The number of aromatic nitrogens is 4. The van der Waals surface area contributed by atoms with Gasteiger partial charge in [0.1, 0.15) is 0 Å². The third kappa shape index (κ3) is 2.22. The minimum atomic E-state index is -0.112. The maximum Gasteiger partial charge on any atom is 0.254 e. The van der Waals surface area contributed by atoms with E-state index in [9.17, 15) is 4.79 Å². The molecule has 2 aromatic heterocycles. The highest BCUT2D eigenvalue weighted by Crippen LogP contribution is 2.09. The lowest BCUT2D eigenvalue weighted by molar-refractivity contribution is 0.949. The highest BCUT2D eigenvalue weighted by atomic mass is 16.1. The molecule has 0 spiro atoms. The zero-order valence-corrected chi connectivity index (χ0v) is 10.1.